The van der Waals surface area contributed by atoms with Gasteiger partial charge >= 0.3 is 0 Å². The molecule has 0 radical (unpaired) electrons. The molecule has 104 valence electrons. The number of ketones is 1. The van der Waals surface area contributed by atoms with E-state index in [1.807, 2.05) is 24.3 Å². The van der Waals surface area contributed by atoms with E-state index in [0.29, 0.717) is 5.92 Å². The lowest BCUT2D eigenvalue weighted by molar-refractivity contribution is -0.115. The number of anilines is 1. The fraction of sp³-hybridized carbons (Fsp3) is 0.211. The highest BCUT2D eigenvalue weighted by atomic mass is 16.1. The predicted molar refractivity (Wildman–Crippen MR) is 84.4 cm³/mol. The first-order chi connectivity index (χ1) is 10.3. The van der Waals surface area contributed by atoms with Crippen LogP contribution < -0.4 is 4.90 Å². The molecule has 2 bridgehead atoms. The van der Waals surface area contributed by atoms with E-state index in [-0.39, 0.29) is 17.9 Å². The van der Waals surface area contributed by atoms with Crippen LogP contribution in [0.2, 0.25) is 0 Å². The molecular formula is C19H17NO. The van der Waals surface area contributed by atoms with Crippen molar-refractivity contribution >= 4 is 11.5 Å². The molecule has 2 aliphatic heterocycles. The van der Waals surface area contributed by atoms with Gasteiger partial charge in [0.05, 0.1) is 12.1 Å². The zero-order valence-electron chi connectivity index (χ0n) is 11.7. The molecule has 2 aliphatic rings. The van der Waals surface area contributed by atoms with Crippen molar-refractivity contribution in [2.24, 2.45) is 0 Å². The van der Waals surface area contributed by atoms with Crippen LogP contribution in [-0.4, -0.2) is 17.9 Å². The Balaban J connectivity index is 1.76. The van der Waals surface area contributed by atoms with Crippen molar-refractivity contribution in [2.45, 2.75) is 24.4 Å². The van der Waals surface area contributed by atoms with E-state index in [4.69, 9.17) is 0 Å². The topological polar surface area (TPSA) is 20.3 Å². The molecular weight excluding hydrogens is 258 g/mol. The Morgan fingerprint density at radius 3 is 2.29 bits per heavy atom. The summed E-state index contributed by atoms with van der Waals surface area (Å²) in [5.41, 5.74) is 2.47. The van der Waals surface area contributed by atoms with Crippen LogP contribution in [0.15, 0.2) is 72.8 Å². The first-order valence-electron chi connectivity index (χ1n) is 7.45. The molecule has 0 aromatic heterocycles. The second kappa shape index (κ2) is 4.88. The van der Waals surface area contributed by atoms with Gasteiger partial charge in [-0.3, -0.25) is 4.79 Å². The standard InChI is InChI=1S/C19H17NO/c21-19-12-11-17-16(14-7-3-1-4-8-14)13-18(19)20(17)15-9-5-2-6-10-15/h1-12,16-18H,13H2/t16-,17+,18-/m1/s1. The van der Waals surface area contributed by atoms with Crippen molar-refractivity contribution in [2.75, 3.05) is 4.90 Å². The number of carbonyl (C=O) groups is 1. The summed E-state index contributed by atoms with van der Waals surface area (Å²) < 4.78 is 0. The smallest absolute Gasteiger partial charge is 0.177 e. The number of benzene rings is 2. The molecule has 2 heteroatoms. The molecule has 2 aromatic carbocycles. The summed E-state index contributed by atoms with van der Waals surface area (Å²) in [4.78, 5) is 14.6. The monoisotopic (exact) mass is 275 g/mol. The van der Waals surface area contributed by atoms with Gasteiger partial charge in [0.25, 0.3) is 0 Å². The number of hydrogen-bond donors (Lipinski definition) is 0. The lowest BCUT2D eigenvalue weighted by Crippen LogP contribution is -2.43. The Morgan fingerprint density at radius 2 is 1.57 bits per heavy atom. The van der Waals surface area contributed by atoms with Crippen LogP contribution in [0.1, 0.15) is 17.9 Å². The van der Waals surface area contributed by atoms with Crippen LogP contribution in [0.3, 0.4) is 0 Å². The van der Waals surface area contributed by atoms with Gasteiger partial charge in [-0.1, -0.05) is 54.6 Å². The third-order valence-electron chi connectivity index (χ3n) is 4.61. The Kier molecular flexibility index (Phi) is 2.88. The third-order valence-corrected chi connectivity index (χ3v) is 4.61. The summed E-state index contributed by atoms with van der Waals surface area (Å²) >= 11 is 0. The van der Waals surface area contributed by atoms with Crippen LogP contribution in [0.25, 0.3) is 0 Å². The number of fused-ring (bicyclic) bond motifs is 2. The molecule has 0 spiro atoms. The van der Waals surface area contributed by atoms with Gasteiger partial charge in [-0.05, 0) is 30.2 Å². The summed E-state index contributed by atoms with van der Waals surface area (Å²) in [7, 11) is 0. The van der Waals surface area contributed by atoms with Crippen LogP contribution in [-0.2, 0) is 4.79 Å². The van der Waals surface area contributed by atoms with Gasteiger partial charge in [0.1, 0.15) is 0 Å². The molecule has 0 N–H and O–H groups in total. The minimum absolute atomic E-state index is 0.0207. The second-order valence-electron chi connectivity index (χ2n) is 5.76. The van der Waals surface area contributed by atoms with E-state index < -0.39 is 0 Å². The molecule has 0 unspecified atom stereocenters. The van der Waals surface area contributed by atoms with Crippen LogP contribution in [0, 0.1) is 0 Å². The first kappa shape index (κ1) is 12.4. The Morgan fingerprint density at radius 1 is 0.905 bits per heavy atom. The van der Waals surface area contributed by atoms with E-state index in [2.05, 4.69) is 47.4 Å². The van der Waals surface area contributed by atoms with Crippen molar-refractivity contribution in [3.8, 4) is 0 Å². The average Bonchev–Trinajstić information content (AvgIpc) is 2.85. The van der Waals surface area contributed by atoms with Crippen molar-refractivity contribution in [3.63, 3.8) is 0 Å². The first-order valence-corrected chi connectivity index (χ1v) is 7.45. The van der Waals surface area contributed by atoms with E-state index in [9.17, 15) is 4.79 Å². The Labute approximate surface area is 124 Å². The number of para-hydroxylation sites is 1. The molecule has 21 heavy (non-hydrogen) atoms. The zero-order chi connectivity index (χ0) is 14.2. The molecule has 2 nitrogen and oxygen atoms in total. The van der Waals surface area contributed by atoms with Crippen molar-refractivity contribution < 1.29 is 4.79 Å². The lowest BCUT2D eigenvalue weighted by atomic mass is 9.91. The van der Waals surface area contributed by atoms with Gasteiger partial charge in [0.2, 0.25) is 0 Å². The highest BCUT2D eigenvalue weighted by Crippen LogP contribution is 2.43. The number of rotatable bonds is 2. The largest absolute Gasteiger partial charge is 0.354 e. The van der Waals surface area contributed by atoms with Crippen molar-refractivity contribution in [1.82, 2.24) is 0 Å². The lowest BCUT2D eigenvalue weighted by Gasteiger charge is -2.33. The molecule has 0 amide bonds. The molecule has 2 aromatic rings. The quantitative estimate of drug-likeness (QED) is 0.835. The van der Waals surface area contributed by atoms with Crippen LogP contribution >= 0.6 is 0 Å². The minimum atomic E-state index is -0.0207. The number of nitrogens with zero attached hydrogens (tertiary/aromatic N) is 1. The molecule has 2 heterocycles. The molecule has 1 saturated heterocycles. The highest BCUT2D eigenvalue weighted by Gasteiger charge is 2.45. The van der Waals surface area contributed by atoms with E-state index in [0.717, 1.165) is 12.1 Å². The van der Waals surface area contributed by atoms with E-state index in [1.165, 1.54) is 5.56 Å². The minimum Gasteiger partial charge on any atom is -0.354 e. The maximum atomic E-state index is 12.3. The maximum Gasteiger partial charge on any atom is 0.177 e. The SMILES string of the molecule is O=C1C=C[C@H]2[C@@H](c3ccccc3)C[C@H]1N2c1ccccc1. The van der Waals surface area contributed by atoms with Crippen LogP contribution in [0.4, 0.5) is 5.69 Å². The van der Waals surface area contributed by atoms with Gasteiger partial charge in [-0.25, -0.2) is 0 Å². The highest BCUT2D eigenvalue weighted by molar-refractivity contribution is 5.99. The summed E-state index contributed by atoms with van der Waals surface area (Å²) in [5, 5.41) is 0. The van der Waals surface area contributed by atoms with Crippen LogP contribution in [0.5, 0.6) is 0 Å². The van der Waals surface area contributed by atoms with Gasteiger partial charge in [0.15, 0.2) is 5.78 Å². The third kappa shape index (κ3) is 1.99. The second-order valence-corrected chi connectivity index (χ2v) is 5.76. The number of hydrogen-bond acceptors (Lipinski definition) is 2. The molecule has 0 saturated carbocycles. The van der Waals surface area contributed by atoms with Gasteiger partial charge in [-0.15, -0.1) is 0 Å². The van der Waals surface area contributed by atoms with Gasteiger partial charge in [-0.2, -0.15) is 0 Å². The molecule has 4 rings (SSSR count). The van der Waals surface area contributed by atoms with Crippen molar-refractivity contribution in [1.29, 1.82) is 0 Å². The molecule has 3 atom stereocenters. The predicted octanol–water partition coefficient (Wildman–Crippen LogP) is 3.56. The molecule has 1 fully saturated rings. The Bertz CT molecular complexity index is 677. The van der Waals surface area contributed by atoms with Gasteiger partial charge < -0.3 is 4.90 Å². The summed E-state index contributed by atoms with van der Waals surface area (Å²) in [6.45, 7) is 0. The molecule has 0 aliphatic carbocycles. The zero-order valence-corrected chi connectivity index (χ0v) is 11.7. The average molecular weight is 275 g/mol. The van der Waals surface area contributed by atoms with E-state index in [1.54, 1.807) is 6.08 Å². The Hall–Kier alpha value is -2.35. The van der Waals surface area contributed by atoms with Gasteiger partial charge in [0, 0.05) is 11.6 Å². The summed E-state index contributed by atoms with van der Waals surface area (Å²) in [6.07, 6.45) is 4.75. The fourth-order valence-electron chi connectivity index (χ4n) is 3.67. The van der Waals surface area contributed by atoms with Crippen molar-refractivity contribution in [3.05, 3.63) is 78.4 Å². The fourth-order valence-corrected chi connectivity index (χ4v) is 3.67. The summed E-state index contributed by atoms with van der Waals surface area (Å²) in [5.74, 6) is 0.618. The number of carbonyl (C=O) groups excluding carboxylic acids is 1. The normalized spacial score (nSPS) is 27.1. The maximum absolute atomic E-state index is 12.3. The summed E-state index contributed by atoms with van der Waals surface area (Å²) in [6, 6.07) is 21.1. The van der Waals surface area contributed by atoms with E-state index >= 15 is 0 Å².